The Balaban J connectivity index is 2.72. The van der Waals surface area contributed by atoms with E-state index in [1.165, 1.54) is 0 Å². The highest BCUT2D eigenvalue weighted by Crippen LogP contribution is 2.27. The predicted molar refractivity (Wildman–Crippen MR) is 55.9 cm³/mol. The molecule has 0 fully saturated rings. The van der Waals surface area contributed by atoms with E-state index in [1.807, 2.05) is 13.0 Å². The second kappa shape index (κ2) is 5.17. The average Bonchev–Trinajstić information content (AvgIpc) is 2.59. The number of furan rings is 1. The molecule has 1 heterocycles. The molecule has 0 bridgehead atoms. The quantitative estimate of drug-likeness (QED) is 0.759. The summed E-state index contributed by atoms with van der Waals surface area (Å²) in [6.07, 6.45) is 3.00. The topological polar surface area (TPSA) is 59.4 Å². The van der Waals surface area contributed by atoms with Crippen molar-refractivity contribution in [2.75, 3.05) is 6.54 Å². The number of nitrogens with two attached hydrogens (primary N) is 1. The molecule has 0 aromatic carbocycles. The lowest BCUT2D eigenvalue weighted by Gasteiger charge is -2.19. The number of hydrogen-bond acceptors (Lipinski definition) is 3. The standard InChI is InChI=1S/C11H19NO2/c1-3-4-9(7-12)10(13)11-8(2)5-6-14-11/h5-6,9-10,13H,3-4,7,12H2,1-2H3. The van der Waals surface area contributed by atoms with Gasteiger partial charge in [-0.1, -0.05) is 13.3 Å². The average molecular weight is 197 g/mol. The zero-order chi connectivity index (χ0) is 10.6. The zero-order valence-corrected chi connectivity index (χ0v) is 8.86. The molecule has 1 aromatic rings. The van der Waals surface area contributed by atoms with Gasteiger partial charge in [0.05, 0.1) is 6.26 Å². The van der Waals surface area contributed by atoms with Crippen LogP contribution in [0, 0.1) is 12.8 Å². The monoisotopic (exact) mass is 197 g/mol. The molecule has 2 atom stereocenters. The first-order chi connectivity index (χ1) is 6.70. The normalized spacial score (nSPS) is 15.4. The molecule has 0 aliphatic carbocycles. The van der Waals surface area contributed by atoms with Gasteiger partial charge >= 0.3 is 0 Å². The van der Waals surface area contributed by atoms with Crippen LogP contribution in [0.25, 0.3) is 0 Å². The molecule has 2 unspecified atom stereocenters. The fourth-order valence-corrected chi connectivity index (χ4v) is 1.68. The van der Waals surface area contributed by atoms with E-state index in [0.29, 0.717) is 12.3 Å². The molecule has 0 spiro atoms. The molecule has 3 nitrogen and oxygen atoms in total. The van der Waals surface area contributed by atoms with Crippen molar-refractivity contribution >= 4 is 0 Å². The molecule has 14 heavy (non-hydrogen) atoms. The Bertz CT molecular complexity index is 270. The van der Waals surface area contributed by atoms with Gasteiger partial charge in [0.1, 0.15) is 11.9 Å². The molecular weight excluding hydrogens is 178 g/mol. The summed E-state index contributed by atoms with van der Waals surface area (Å²) in [6.45, 7) is 4.51. The molecule has 3 N–H and O–H groups in total. The lowest BCUT2D eigenvalue weighted by Crippen LogP contribution is -2.22. The Kier molecular flexibility index (Phi) is 4.17. The van der Waals surface area contributed by atoms with Gasteiger partial charge in [0.15, 0.2) is 0 Å². The van der Waals surface area contributed by atoms with E-state index < -0.39 is 6.10 Å². The highest BCUT2D eigenvalue weighted by atomic mass is 16.4. The Morgan fingerprint density at radius 2 is 2.29 bits per heavy atom. The number of rotatable bonds is 5. The maximum absolute atomic E-state index is 10.0. The van der Waals surface area contributed by atoms with E-state index in [2.05, 4.69) is 6.92 Å². The molecule has 0 aliphatic heterocycles. The molecule has 0 saturated heterocycles. The molecule has 0 amide bonds. The summed E-state index contributed by atoms with van der Waals surface area (Å²) in [5, 5.41) is 10.0. The van der Waals surface area contributed by atoms with Crippen LogP contribution in [0.3, 0.4) is 0 Å². The minimum atomic E-state index is -0.560. The summed E-state index contributed by atoms with van der Waals surface area (Å²) in [4.78, 5) is 0. The van der Waals surface area contributed by atoms with E-state index in [0.717, 1.165) is 18.4 Å². The highest BCUT2D eigenvalue weighted by Gasteiger charge is 2.22. The predicted octanol–water partition coefficient (Wildman–Crippen LogP) is 2.00. The van der Waals surface area contributed by atoms with E-state index in [4.69, 9.17) is 10.2 Å². The number of hydrogen-bond donors (Lipinski definition) is 2. The summed E-state index contributed by atoms with van der Waals surface area (Å²) in [7, 11) is 0. The van der Waals surface area contributed by atoms with Gasteiger partial charge < -0.3 is 15.3 Å². The van der Waals surface area contributed by atoms with Gasteiger partial charge in [-0.15, -0.1) is 0 Å². The van der Waals surface area contributed by atoms with Crippen LogP contribution in [0.5, 0.6) is 0 Å². The summed E-state index contributed by atoms with van der Waals surface area (Å²) in [6, 6.07) is 1.86. The van der Waals surface area contributed by atoms with E-state index in [-0.39, 0.29) is 5.92 Å². The molecule has 1 aromatic heterocycles. The Morgan fingerprint density at radius 1 is 1.57 bits per heavy atom. The molecule has 1 rings (SSSR count). The molecule has 0 aliphatic rings. The Hall–Kier alpha value is -0.800. The van der Waals surface area contributed by atoms with Gasteiger partial charge in [-0.25, -0.2) is 0 Å². The summed E-state index contributed by atoms with van der Waals surface area (Å²) >= 11 is 0. The lowest BCUT2D eigenvalue weighted by atomic mass is 9.94. The van der Waals surface area contributed by atoms with Crippen LogP contribution in [0.2, 0.25) is 0 Å². The molecule has 0 radical (unpaired) electrons. The van der Waals surface area contributed by atoms with Crippen LogP contribution >= 0.6 is 0 Å². The van der Waals surface area contributed by atoms with Crippen LogP contribution in [0.1, 0.15) is 37.2 Å². The Morgan fingerprint density at radius 3 is 2.71 bits per heavy atom. The van der Waals surface area contributed by atoms with E-state index in [1.54, 1.807) is 6.26 Å². The third-order valence-corrected chi connectivity index (χ3v) is 2.58. The Labute approximate surface area is 84.9 Å². The van der Waals surface area contributed by atoms with E-state index >= 15 is 0 Å². The largest absolute Gasteiger partial charge is 0.466 e. The molecule has 0 saturated carbocycles. The second-order valence-corrected chi connectivity index (χ2v) is 3.70. The fraction of sp³-hybridized carbons (Fsp3) is 0.636. The van der Waals surface area contributed by atoms with Crippen molar-refractivity contribution in [3.8, 4) is 0 Å². The van der Waals surface area contributed by atoms with Crippen molar-refractivity contribution in [3.05, 3.63) is 23.7 Å². The number of aliphatic hydroxyl groups is 1. The lowest BCUT2D eigenvalue weighted by molar-refractivity contribution is 0.0838. The van der Waals surface area contributed by atoms with Crippen molar-refractivity contribution in [2.24, 2.45) is 11.7 Å². The first-order valence-electron chi connectivity index (χ1n) is 5.12. The van der Waals surface area contributed by atoms with Crippen LogP contribution in [0.4, 0.5) is 0 Å². The van der Waals surface area contributed by atoms with Gasteiger partial charge in [0, 0.05) is 5.92 Å². The van der Waals surface area contributed by atoms with Crippen molar-refractivity contribution in [1.82, 2.24) is 0 Å². The zero-order valence-electron chi connectivity index (χ0n) is 8.86. The summed E-state index contributed by atoms with van der Waals surface area (Å²) in [5.41, 5.74) is 6.61. The molecule has 3 heteroatoms. The highest BCUT2D eigenvalue weighted by molar-refractivity contribution is 5.17. The van der Waals surface area contributed by atoms with Crippen molar-refractivity contribution in [2.45, 2.75) is 32.8 Å². The van der Waals surface area contributed by atoms with Crippen LogP contribution in [-0.2, 0) is 0 Å². The number of aliphatic hydroxyl groups excluding tert-OH is 1. The first-order valence-corrected chi connectivity index (χ1v) is 5.12. The van der Waals surface area contributed by atoms with Crippen molar-refractivity contribution in [1.29, 1.82) is 0 Å². The fourth-order valence-electron chi connectivity index (χ4n) is 1.68. The second-order valence-electron chi connectivity index (χ2n) is 3.70. The summed E-state index contributed by atoms with van der Waals surface area (Å²) in [5.74, 6) is 0.763. The van der Waals surface area contributed by atoms with Gasteiger partial charge in [-0.2, -0.15) is 0 Å². The third kappa shape index (κ3) is 2.36. The molecule has 80 valence electrons. The first kappa shape index (κ1) is 11.3. The third-order valence-electron chi connectivity index (χ3n) is 2.58. The van der Waals surface area contributed by atoms with Crippen LogP contribution in [0.15, 0.2) is 16.7 Å². The van der Waals surface area contributed by atoms with Gasteiger partial charge in [-0.3, -0.25) is 0 Å². The maximum Gasteiger partial charge on any atom is 0.135 e. The summed E-state index contributed by atoms with van der Waals surface area (Å²) < 4.78 is 5.25. The van der Waals surface area contributed by atoms with Crippen molar-refractivity contribution in [3.63, 3.8) is 0 Å². The smallest absolute Gasteiger partial charge is 0.135 e. The minimum Gasteiger partial charge on any atom is -0.466 e. The van der Waals surface area contributed by atoms with Crippen molar-refractivity contribution < 1.29 is 9.52 Å². The van der Waals surface area contributed by atoms with Crippen LogP contribution in [-0.4, -0.2) is 11.7 Å². The molecular formula is C11H19NO2. The van der Waals surface area contributed by atoms with E-state index in [9.17, 15) is 5.11 Å². The SMILES string of the molecule is CCCC(CN)C(O)c1occc1C. The number of aryl methyl sites for hydroxylation is 1. The van der Waals surface area contributed by atoms with Gasteiger partial charge in [0.25, 0.3) is 0 Å². The van der Waals surface area contributed by atoms with Crippen LogP contribution < -0.4 is 5.73 Å². The van der Waals surface area contributed by atoms with Gasteiger partial charge in [0.2, 0.25) is 0 Å². The maximum atomic E-state index is 10.0. The van der Waals surface area contributed by atoms with Gasteiger partial charge in [-0.05, 0) is 31.5 Å². The minimum absolute atomic E-state index is 0.102.